The molecule has 1 aromatic carbocycles. The highest BCUT2D eigenvalue weighted by molar-refractivity contribution is 6.35. The zero-order valence-corrected chi connectivity index (χ0v) is 13.8. The highest BCUT2D eigenvalue weighted by Crippen LogP contribution is 2.29. The molecule has 1 aliphatic carbocycles. The van der Waals surface area contributed by atoms with E-state index < -0.39 is 0 Å². The average molecular weight is 320 g/mol. The van der Waals surface area contributed by atoms with E-state index in [0.717, 1.165) is 17.3 Å². The molecule has 1 fully saturated rings. The summed E-state index contributed by atoms with van der Waals surface area (Å²) in [6, 6.07) is 5.93. The molecule has 0 aliphatic heterocycles. The lowest BCUT2D eigenvalue weighted by atomic mass is 9.78. The number of benzene rings is 1. The molecule has 118 valence electrons. The monoisotopic (exact) mass is 319 g/mol. The Hall–Kier alpha value is -1.55. The van der Waals surface area contributed by atoms with E-state index in [1.807, 2.05) is 18.2 Å². The largest absolute Gasteiger partial charge is 0.351 e. The van der Waals surface area contributed by atoms with Crippen LogP contribution < -0.4 is 5.32 Å². The Bertz CT molecular complexity index is 682. The maximum Gasteiger partial charge on any atom is 0.241 e. The fraction of sp³-hybridized carbons (Fsp3) is 0.529. The number of nitrogens with zero attached hydrogens (tertiary/aromatic N) is 2. The molecule has 1 aromatic heterocycles. The molecule has 1 saturated carbocycles. The number of carbonyl (C=O) groups excluding carboxylic acids is 1. The van der Waals surface area contributed by atoms with Crippen LogP contribution >= 0.6 is 11.6 Å². The molecule has 0 radical (unpaired) electrons. The van der Waals surface area contributed by atoms with E-state index in [-0.39, 0.29) is 18.5 Å². The lowest BCUT2D eigenvalue weighted by molar-refractivity contribution is -0.123. The minimum atomic E-state index is 0.0240. The summed E-state index contributed by atoms with van der Waals surface area (Å²) in [4.78, 5) is 12.4. The molecule has 1 heterocycles. The van der Waals surface area contributed by atoms with Crippen molar-refractivity contribution >= 4 is 28.4 Å². The van der Waals surface area contributed by atoms with Crippen molar-refractivity contribution in [3.8, 4) is 0 Å². The lowest BCUT2D eigenvalue weighted by Gasteiger charge is -2.34. The van der Waals surface area contributed by atoms with Gasteiger partial charge in [0.25, 0.3) is 0 Å². The van der Waals surface area contributed by atoms with Gasteiger partial charge in [-0.15, -0.1) is 0 Å². The van der Waals surface area contributed by atoms with Gasteiger partial charge in [0.15, 0.2) is 0 Å². The summed E-state index contributed by atoms with van der Waals surface area (Å²) in [6.07, 6.45) is 5.24. The number of amides is 1. The number of rotatable bonds is 3. The maximum atomic E-state index is 12.4. The van der Waals surface area contributed by atoms with Crippen LogP contribution in [0.2, 0.25) is 5.02 Å². The molecule has 1 amide bonds. The fourth-order valence-corrected chi connectivity index (χ4v) is 3.59. The summed E-state index contributed by atoms with van der Waals surface area (Å²) in [6.45, 7) is 4.74. The Labute approximate surface area is 135 Å². The van der Waals surface area contributed by atoms with Gasteiger partial charge in [-0.1, -0.05) is 44.4 Å². The molecule has 0 bridgehead atoms. The van der Waals surface area contributed by atoms with Gasteiger partial charge in [-0.05, 0) is 30.4 Å². The Morgan fingerprint density at radius 2 is 2.23 bits per heavy atom. The first-order chi connectivity index (χ1) is 10.6. The van der Waals surface area contributed by atoms with Crippen LogP contribution in [-0.2, 0) is 11.3 Å². The number of halogens is 1. The van der Waals surface area contributed by atoms with Crippen LogP contribution in [0.1, 0.15) is 33.1 Å². The van der Waals surface area contributed by atoms with Crippen LogP contribution in [0, 0.1) is 11.8 Å². The topological polar surface area (TPSA) is 46.9 Å². The molecule has 22 heavy (non-hydrogen) atoms. The summed E-state index contributed by atoms with van der Waals surface area (Å²) in [5.74, 6) is 1.22. The van der Waals surface area contributed by atoms with Gasteiger partial charge >= 0.3 is 0 Å². The predicted octanol–water partition coefficient (Wildman–Crippen LogP) is 3.63. The minimum absolute atomic E-state index is 0.0240. The zero-order chi connectivity index (χ0) is 15.7. The molecule has 1 N–H and O–H groups in total. The van der Waals surface area contributed by atoms with Crippen LogP contribution in [-0.4, -0.2) is 21.7 Å². The summed E-state index contributed by atoms with van der Waals surface area (Å²) in [5.41, 5.74) is 0.896. The Morgan fingerprint density at radius 3 is 3.05 bits per heavy atom. The molecule has 3 unspecified atom stereocenters. The third-order valence-electron chi connectivity index (χ3n) is 4.98. The number of aromatic nitrogens is 2. The Morgan fingerprint density at radius 1 is 1.41 bits per heavy atom. The van der Waals surface area contributed by atoms with Crippen LogP contribution in [0.25, 0.3) is 10.9 Å². The van der Waals surface area contributed by atoms with Crippen molar-refractivity contribution in [3.05, 3.63) is 29.4 Å². The van der Waals surface area contributed by atoms with E-state index in [2.05, 4.69) is 24.3 Å². The van der Waals surface area contributed by atoms with Crippen molar-refractivity contribution in [1.29, 1.82) is 0 Å². The molecule has 3 rings (SSSR count). The van der Waals surface area contributed by atoms with E-state index in [1.54, 1.807) is 10.9 Å². The minimum Gasteiger partial charge on any atom is -0.351 e. The van der Waals surface area contributed by atoms with Crippen LogP contribution in [0.3, 0.4) is 0 Å². The van der Waals surface area contributed by atoms with Gasteiger partial charge in [-0.2, -0.15) is 5.10 Å². The second kappa shape index (κ2) is 6.29. The van der Waals surface area contributed by atoms with E-state index in [1.165, 1.54) is 12.8 Å². The molecule has 3 atom stereocenters. The van der Waals surface area contributed by atoms with E-state index >= 15 is 0 Å². The first-order valence-corrected chi connectivity index (χ1v) is 8.33. The van der Waals surface area contributed by atoms with E-state index in [9.17, 15) is 4.79 Å². The molecular weight excluding hydrogens is 298 g/mol. The third kappa shape index (κ3) is 2.98. The molecule has 4 nitrogen and oxygen atoms in total. The fourth-order valence-electron chi connectivity index (χ4n) is 3.37. The van der Waals surface area contributed by atoms with Gasteiger partial charge in [0.1, 0.15) is 6.54 Å². The second-order valence-corrected chi connectivity index (χ2v) is 6.82. The van der Waals surface area contributed by atoms with Gasteiger partial charge in [0.05, 0.1) is 16.7 Å². The number of nitrogens with one attached hydrogen (secondary N) is 1. The predicted molar refractivity (Wildman–Crippen MR) is 88.9 cm³/mol. The van der Waals surface area contributed by atoms with Gasteiger partial charge in [0.2, 0.25) is 5.91 Å². The van der Waals surface area contributed by atoms with Gasteiger partial charge in [-0.3, -0.25) is 9.48 Å². The van der Waals surface area contributed by atoms with Crippen LogP contribution in [0.4, 0.5) is 0 Å². The summed E-state index contributed by atoms with van der Waals surface area (Å²) in [5, 5.41) is 9.03. The van der Waals surface area contributed by atoms with Crippen molar-refractivity contribution in [2.24, 2.45) is 11.8 Å². The molecule has 0 saturated heterocycles. The summed E-state index contributed by atoms with van der Waals surface area (Å²) >= 11 is 6.14. The lowest BCUT2D eigenvalue weighted by Crippen LogP contribution is -2.44. The third-order valence-corrected chi connectivity index (χ3v) is 5.31. The van der Waals surface area contributed by atoms with E-state index in [4.69, 9.17) is 11.6 Å². The van der Waals surface area contributed by atoms with Crippen LogP contribution in [0.5, 0.6) is 0 Å². The quantitative estimate of drug-likeness (QED) is 0.939. The van der Waals surface area contributed by atoms with Gasteiger partial charge in [0, 0.05) is 11.4 Å². The highest BCUT2D eigenvalue weighted by Gasteiger charge is 2.28. The second-order valence-electron chi connectivity index (χ2n) is 6.42. The van der Waals surface area contributed by atoms with Gasteiger partial charge in [-0.25, -0.2) is 0 Å². The molecular formula is C17H22ClN3O. The van der Waals surface area contributed by atoms with Gasteiger partial charge < -0.3 is 5.32 Å². The number of hydrogen-bond donors (Lipinski definition) is 1. The number of carbonyl (C=O) groups is 1. The maximum absolute atomic E-state index is 12.4. The normalized spacial score (nSPS) is 25.3. The smallest absolute Gasteiger partial charge is 0.241 e. The Kier molecular flexibility index (Phi) is 4.39. The van der Waals surface area contributed by atoms with Crippen LogP contribution in [0.15, 0.2) is 24.4 Å². The molecule has 5 heteroatoms. The molecule has 0 spiro atoms. The molecule has 1 aliphatic rings. The zero-order valence-electron chi connectivity index (χ0n) is 13.1. The molecule has 2 aromatic rings. The van der Waals surface area contributed by atoms with Crippen molar-refractivity contribution in [1.82, 2.24) is 15.1 Å². The standard InChI is InChI=1S/C17H22ClN3O/c1-11-5-3-7-15(12(11)2)20-17(22)10-21-16-8-4-6-14(18)13(16)9-19-21/h4,6,8-9,11-12,15H,3,5,7,10H2,1-2H3,(H,20,22). The number of fused-ring (bicyclic) bond motifs is 1. The average Bonchev–Trinajstić information content (AvgIpc) is 2.88. The van der Waals surface area contributed by atoms with Crippen molar-refractivity contribution < 1.29 is 4.79 Å². The summed E-state index contributed by atoms with van der Waals surface area (Å²) in [7, 11) is 0. The van der Waals surface area contributed by atoms with Crippen molar-refractivity contribution in [3.63, 3.8) is 0 Å². The Balaban J connectivity index is 1.70. The number of hydrogen-bond acceptors (Lipinski definition) is 2. The summed E-state index contributed by atoms with van der Waals surface area (Å²) < 4.78 is 1.72. The van der Waals surface area contributed by atoms with Crippen molar-refractivity contribution in [2.75, 3.05) is 0 Å². The first kappa shape index (κ1) is 15.3. The SMILES string of the molecule is CC1CCCC(NC(=O)Cn2ncc3c(Cl)cccc32)C1C. The van der Waals surface area contributed by atoms with E-state index in [0.29, 0.717) is 16.9 Å². The van der Waals surface area contributed by atoms with Crippen molar-refractivity contribution in [2.45, 2.75) is 45.7 Å². The first-order valence-electron chi connectivity index (χ1n) is 7.95. The highest BCUT2D eigenvalue weighted by atomic mass is 35.5.